The molecule has 7 nitrogen and oxygen atoms in total. The van der Waals surface area contributed by atoms with Gasteiger partial charge in [-0.05, 0) is 37.3 Å². The van der Waals surface area contributed by atoms with Crippen LogP contribution in [0.5, 0.6) is 0 Å². The van der Waals surface area contributed by atoms with E-state index >= 15 is 0 Å². The van der Waals surface area contributed by atoms with E-state index in [0.29, 0.717) is 37.4 Å². The minimum atomic E-state index is -0.107. The van der Waals surface area contributed by atoms with Crippen LogP contribution in [0.25, 0.3) is 0 Å². The number of carbonyl (C=O) groups excluding carboxylic acids is 3. The van der Waals surface area contributed by atoms with Gasteiger partial charge in [0.1, 0.15) is 0 Å². The Kier molecular flexibility index (Phi) is 5.63. The van der Waals surface area contributed by atoms with Crippen molar-refractivity contribution >= 4 is 17.7 Å². The highest BCUT2D eigenvalue weighted by atomic mass is 16.2. The molecule has 7 heteroatoms. The Balaban J connectivity index is 1.40. The van der Waals surface area contributed by atoms with Crippen molar-refractivity contribution in [2.75, 3.05) is 26.2 Å². The fourth-order valence-corrected chi connectivity index (χ4v) is 3.40. The van der Waals surface area contributed by atoms with Crippen molar-refractivity contribution in [1.29, 1.82) is 0 Å². The summed E-state index contributed by atoms with van der Waals surface area (Å²) in [7, 11) is 0. The lowest BCUT2D eigenvalue weighted by Gasteiger charge is -2.35. The van der Waals surface area contributed by atoms with Gasteiger partial charge in [-0.15, -0.1) is 0 Å². The van der Waals surface area contributed by atoms with Crippen LogP contribution in [0.1, 0.15) is 36.0 Å². The van der Waals surface area contributed by atoms with Crippen molar-refractivity contribution in [3.05, 3.63) is 30.1 Å². The number of hydrogen-bond donors (Lipinski definition) is 2. The van der Waals surface area contributed by atoms with Gasteiger partial charge in [0.15, 0.2) is 0 Å². The summed E-state index contributed by atoms with van der Waals surface area (Å²) in [5, 5.41) is 5.72. The molecule has 1 unspecified atom stereocenters. The van der Waals surface area contributed by atoms with Crippen molar-refractivity contribution in [3.8, 4) is 0 Å². The van der Waals surface area contributed by atoms with Gasteiger partial charge < -0.3 is 15.5 Å². The van der Waals surface area contributed by atoms with Gasteiger partial charge in [0.05, 0.1) is 11.5 Å². The normalized spacial score (nSPS) is 21.5. The fourth-order valence-electron chi connectivity index (χ4n) is 3.40. The molecule has 2 N–H and O–H groups in total. The van der Waals surface area contributed by atoms with E-state index in [4.69, 9.17) is 0 Å². The molecule has 3 rings (SSSR count). The molecule has 25 heavy (non-hydrogen) atoms. The van der Waals surface area contributed by atoms with Gasteiger partial charge in [0.25, 0.3) is 5.91 Å². The number of nitrogens with zero attached hydrogens (tertiary/aromatic N) is 2. The monoisotopic (exact) mass is 344 g/mol. The Morgan fingerprint density at radius 2 is 2.08 bits per heavy atom. The molecule has 0 aliphatic carbocycles. The van der Waals surface area contributed by atoms with E-state index in [1.807, 2.05) is 4.90 Å². The van der Waals surface area contributed by atoms with Crippen molar-refractivity contribution in [1.82, 2.24) is 20.5 Å². The summed E-state index contributed by atoms with van der Waals surface area (Å²) in [6.07, 6.45) is 6.05. The Morgan fingerprint density at radius 3 is 2.72 bits per heavy atom. The van der Waals surface area contributed by atoms with Gasteiger partial charge in [0.2, 0.25) is 11.8 Å². The minimum absolute atomic E-state index is 0.0344. The summed E-state index contributed by atoms with van der Waals surface area (Å²) in [5.41, 5.74) is 0.564. The van der Waals surface area contributed by atoms with E-state index in [-0.39, 0.29) is 23.6 Å². The van der Waals surface area contributed by atoms with Gasteiger partial charge in [0, 0.05) is 45.0 Å². The highest BCUT2D eigenvalue weighted by Crippen LogP contribution is 2.21. The van der Waals surface area contributed by atoms with Crippen molar-refractivity contribution in [3.63, 3.8) is 0 Å². The van der Waals surface area contributed by atoms with Crippen LogP contribution >= 0.6 is 0 Å². The average molecular weight is 344 g/mol. The number of pyridine rings is 1. The van der Waals surface area contributed by atoms with E-state index in [9.17, 15) is 14.4 Å². The Hall–Kier alpha value is -2.44. The first-order valence-electron chi connectivity index (χ1n) is 8.87. The molecule has 0 radical (unpaired) electrons. The molecule has 0 spiro atoms. The van der Waals surface area contributed by atoms with E-state index < -0.39 is 0 Å². The van der Waals surface area contributed by atoms with Crippen LogP contribution in [-0.2, 0) is 9.59 Å². The van der Waals surface area contributed by atoms with Crippen LogP contribution in [0.15, 0.2) is 24.5 Å². The summed E-state index contributed by atoms with van der Waals surface area (Å²) < 4.78 is 0. The summed E-state index contributed by atoms with van der Waals surface area (Å²) in [6.45, 7) is 2.52. The molecule has 2 aliphatic heterocycles. The number of rotatable bonds is 4. The van der Waals surface area contributed by atoms with Crippen LogP contribution in [0.4, 0.5) is 0 Å². The van der Waals surface area contributed by atoms with E-state index in [2.05, 4.69) is 15.6 Å². The van der Waals surface area contributed by atoms with Gasteiger partial charge in [-0.25, -0.2) is 0 Å². The molecule has 1 atom stereocenters. The highest BCUT2D eigenvalue weighted by molar-refractivity contribution is 5.93. The summed E-state index contributed by atoms with van der Waals surface area (Å²) >= 11 is 0. The SMILES string of the molecule is O=C1CCC(C(=O)N2CCC(CNC(=O)c3cccnc3)CC2)CN1. The zero-order valence-electron chi connectivity index (χ0n) is 14.2. The van der Waals surface area contributed by atoms with Crippen molar-refractivity contribution in [2.45, 2.75) is 25.7 Å². The largest absolute Gasteiger partial charge is 0.355 e. The third kappa shape index (κ3) is 4.55. The molecule has 134 valence electrons. The van der Waals surface area contributed by atoms with Crippen LogP contribution in [0, 0.1) is 11.8 Å². The number of piperidine rings is 2. The standard InChI is InChI=1S/C18H24N4O3/c23-16-4-3-15(12-20-16)18(25)22-8-5-13(6-9-22)10-21-17(24)14-2-1-7-19-11-14/h1-2,7,11,13,15H,3-6,8-10,12H2,(H,20,23)(H,21,24). The number of carbonyl (C=O) groups is 3. The molecule has 0 aromatic carbocycles. The summed E-state index contributed by atoms with van der Waals surface area (Å²) in [6, 6.07) is 3.49. The van der Waals surface area contributed by atoms with Gasteiger partial charge >= 0.3 is 0 Å². The topological polar surface area (TPSA) is 91.4 Å². The molecule has 2 saturated heterocycles. The molecule has 0 saturated carbocycles. The number of aromatic nitrogens is 1. The number of amides is 3. The van der Waals surface area contributed by atoms with Gasteiger partial charge in [-0.2, -0.15) is 0 Å². The number of hydrogen-bond acceptors (Lipinski definition) is 4. The van der Waals surface area contributed by atoms with Crippen molar-refractivity contribution < 1.29 is 14.4 Å². The quantitative estimate of drug-likeness (QED) is 0.836. The smallest absolute Gasteiger partial charge is 0.252 e. The van der Waals surface area contributed by atoms with E-state index in [0.717, 1.165) is 25.9 Å². The third-order valence-corrected chi connectivity index (χ3v) is 5.02. The molecule has 0 bridgehead atoms. The molecule has 2 aliphatic rings. The molecule has 1 aromatic rings. The predicted molar refractivity (Wildman–Crippen MR) is 91.6 cm³/mol. The molecule has 2 fully saturated rings. The average Bonchev–Trinajstić information content (AvgIpc) is 2.67. The lowest BCUT2D eigenvalue weighted by atomic mass is 9.93. The first-order chi connectivity index (χ1) is 12.1. The van der Waals surface area contributed by atoms with Gasteiger partial charge in [-0.3, -0.25) is 19.4 Å². The number of likely N-dealkylation sites (tertiary alicyclic amines) is 1. The Bertz CT molecular complexity index is 616. The second-order valence-corrected chi connectivity index (χ2v) is 6.76. The molecular weight excluding hydrogens is 320 g/mol. The van der Waals surface area contributed by atoms with Crippen LogP contribution in [0.2, 0.25) is 0 Å². The van der Waals surface area contributed by atoms with Crippen LogP contribution in [0.3, 0.4) is 0 Å². The third-order valence-electron chi connectivity index (χ3n) is 5.02. The van der Waals surface area contributed by atoms with Crippen molar-refractivity contribution in [2.24, 2.45) is 11.8 Å². The fraction of sp³-hybridized carbons (Fsp3) is 0.556. The second kappa shape index (κ2) is 8.09. The Labute approximate surface area is 147 Å². The maximum atomic E-state index is 12.5. The number of nitrogens with one attached hydrogen (secondary N) is 2. The molecule has 3 amide bonds. The van der Waals surface area contributed by atoms with E-state index in [1.165, 1.54) is 0 Å². The minimum Gasteiger partial charge on any atom is -0.355 e. The maximum absolute atomic E-state index is 12.5. The van der Waals surface area contributed by atoms with E-state index in [1.54, 1.807) is 24.5 Å². The lowest BCUT2D eigenvalue weighted by molar-refractivity contribution is -0.138. The second-order valence-electron chi connectivity index (χ2n) is 6.76. The molecule has 3 heterocycles. The zero-order chi connectivity index (χ0) is 17.6. The summed E-state index contributed by atoms with van der Waals surface area (Å²) in [4.78, 5) is 41.6. The molecule has 1 aromatic heterocycles. The maximum Gasteiger partial charge on any atom is 0.252 e. The summed E-state index contributed by atoms with van der Waals surface area (Å²) in [5.74, 6) is 0.379. The predicted octanol–water partition coefficient (Wildman–Crippen LogP) is 0.576. The van der Waals surface area contributed by atoms with Crippen LogP contribution < -0.4 is 10.6 Å². The Morgan fingerprint density at radius 1 is 1.28 bits per heavy atom. The highest BCUT2D eigenvalue weighted by Gasteiger charge is 2.30. The first-order valence-corrected chi connectivity index (χ1v) is 8.87. The molecular formula is C18H24N4O3. The van der Waals surface area contributed by atoms with Crippen LogP contribution in [-0.4, -0.2) is 53.8 Å². The lowest BCUT2D eigenvalue weighted by Crippen LogP contribution is -2.48. The first kappa shape index (κ1) is 17.4. The zero-order valence-corrected chi connectivity index (χ0v) is 14.2. The van der Waals surface area contributed by atoms with Gasteiger partial charge in [-0.1, -0.05) is 0 Å².